The van der Waals surface area contributed by atoms with Gasteiger partial charge in [0.2, 0.25) is 0 Å². The van der Waals surface area contributed by atoms with Crippen LogP contribution in [-0.4, -0.2) is 34.9 Å². The number of carbonyl (C=O) groups is 2. The van der Waals surface area contributed by atoms with Gasteiger partial charge in [0, 0.05) is 18.8 Å². The van der Waals surface area contributed by atoms with Crippen LogP contribution < -0.4 is 5.32 Å². The smallest absolute Gasteiger partial charge is 0.313 e. The lowest BCUT2D eigenvalue weighted by Gasteiger charge is -2.34. The van der Waals surface area contributed by atoms with Crippen LogP contribution in [0.5, 0.6) is 5.75 Å². The van der Waals surface area contributed by atoms with Crippen LogP contribution in [0.25, 0.3) is 0 Å². The van der Waals surface area contributed by atoms with Gasteiger partial charge in [-0.3, -0.25) is 9.59 Å². The highest BCUT2D eigenvalue weighted by molar-refractivity contribution is 6.39. The van der Waals surface area contributed by atoms with E-state index >= 15 is 0 Å². The van der Waals surface area contributed by atoms with Gasteiger partial charge in [0.05, 0.1) is 0 Å². The highest BCUT2D eigenvalue weighted by Gasteiger charge is 2.29. The summed E-state index contributed by atoms with van der Waals surface area (Å²) in [4.78, 5) is 26.0. The van der Waals surface area contributed by atoms with Crippen molar-refractivity contribution in [2.24, 2.45) is 11.8 Å². The first-order chi connectivity index (χ1) is 9.86. The molecule has 114 valence electrons. The second kappa shape index (κ2) is 6.16. The summed E-state index contributed by atoms with van der Waals surface area (Å²) in [6.45, 7) is 7.22. The molecule has 1 fully saturated rings. The van der Waals surface area contributed by atoms with Gasteiger partial charge >= 0.3 is 11.8 Å². The summed E-state index contributed by atoms with van der Waals surface area (Å²) >= 11 is 0. The zero-order valence-electron chi connectivity index (χ0n) is 12.7. The van der Waals surface area contributed by atoms with E-state index in [-0.39, 0.29) is 5.75 Å². The molecule has 1 saturated heterocycles. The second-order valence-electron chi connectivity index (χ2n) is 6.11. The number of aryl methyl sites for hydroxylation is 1. The highest BCUT2D eigenvalue weighted by Crippen LogP contribution is 2.22. The van der Waals surface area contributed by atoms with Crippen molar-refractivity contribution in [2.45, 2.75) is 27.2 Å². The highest BCUT2D eigenvalue weighted by atomic mass is 16.3. The van der Waals surface area contributed by atoms with E-state index in [1.54, 1.807) is 24.0 Å². The summed E-state index contributed by atoms with van der Waals surface area (Å²) in [5, 5.41) is 12.0. The van der Waals surface area contributed by atoms with E-state index in [1.165, 1.54) is 6.07 Å². The van der Waals surface area contributed by atoms with Gasteiger partial charge in [-0.05, 0) is 48.9 Å². The fourth-order valence-electron chi connectivity index (χ4n) is 2.94. The molecule has 2 unspecified atom stereocenters. The summed E-state index contributed by atoms with van der Waals surface area (Å²) in [5.41, 5.74) is 1.26. The molecule has 5 nitrogen and oxygen atoms in total. The van der Waals surface area contributed by atoms with Gasteiger partial charge in [-0.15, -0.1) is 0 Å². The molecule has 5 heteroatoms. The Morgan fingerprint density at radius 3 is 2.43 bits per heavy atom. The number of phenolic OH excluding ortho intramolecular Hbond substituents is 1. The summed E-state index contributed by atoms with van der Waals surface area (Å²) < 4.78 is 0. The van der Waals surface area contributed by atoms with Gasteiger partial charge in [0.25, 0.3) is 0 Å². The van der Waals surface area contributed by atoms with E-state index < -0.39 is 11.8 Å². The van der Waals surface area contributed by atoms with Crippen molar-refractivity contribution in [1.82, 2.24) is 4.90 Å². The molecule has 1 aromatic rings. The Balaban J connectivity index is 2.04. The van der Waals surface area contributed by atoms with Crippen LogP contribution in [-0.2, 0) is 9.59 Å². The summed E-state index contributed by atoms with van der Waals surface area (Å²) in [6.07, 6.45) is 1.09. The van der Waals surface area contributed by atoms with Crippen molar-refractivity contribution in [1.29, 1.82) is 0 Å². The molecule has 0 saturated carbocycles. The van der Waals surface area contributed by atoms with Crippen LogP contribution in [0.3, 0.4) is 0 Å². The lowest BCUT2D eigenvalue weighted by atomic mass is 9.92. The van der Waals surface area contributed by atoms with E-state index in [4.69, 9.17) is 0 Å². The van der Waals surface area contributed by atoms with Crippen LogP contribution in [0.15, 0.2) is 18.2 Å². The van der Waals surface area contributed by atoms with Gasteiger partial charge in [0.1, 0.15) is 5.75 Å². The minimum Gasteiger partial charge on any atom is -0.508 e. The van der Waals surface area contributed by atoms with Crippen molar-refractivity contribution in [3.05, 3.63) is 23.8 Å². The van der Waals surface area contributed by atoms with Gasteiger partial charge < -0.3 is 15.3 Å². The van der Waals surface area contributed by atoms with Crippen LogP contribution >= 0.6 is 0 Å². The summed E-state index contributed by atoms with van der Waals surface area (Å²) in [6, 6.07) is 4.63. The minimum absolute atomic E-state index is 0.135. The van der Waals surface area contributed by atoms with Crippen molar-refractivity contribution >= 4 is 17.5 Å². The molecule has 2 atom stereocenters. The number of carbonyl (C=O) groups excluding carboxylic acids is 2. The molecule has 0 aromatic heterocycles. The SMILES string of the molecule is Cc1cc(O)ccc1NC(=O)C(=O)N1CC(C)CC(C)C1. The maximum Gasteiger partial charge on any atom is 0.313 e. The number of hydrogen-bond donors (Lipinski definition) is 2. The number of hydrogen-bond acceptors (Lipinski definition) is 3. The van der Waals surface area contributed by atoms with Crippen LogP contribution in [0, 0.1) is 18.8 Å². The molecule has 1 aromatic carbocycles. The molecule has 0 radical (unpaired) electrons. The zero-order chi connectivity index (χ0) is 15.6. The van der Waals surface area contributed by atoms with Gasteiger partial charge in [-0.25, -0.2) is 0 Å². The van der Waals surface area contributed by atoms with E-state index in [0.717, 1.165) is 12.0 Å². The molecule has 2 rings (SSSR count). The summed E-state index contributed by atoms with van der Waals surface area (Å²) in [5.74, 6) is -0.136. The molecular weight excluding hydrogens is 268 g/mol. The fraction of sp³-hybridized carbons (Fsp3) is 0.500. The number of benzene rings is 1. The van der Waals surface area contributed by atoms with E-state index in [2.05, 4.69) is 19.2 Å². The third kappa shape index (κ3) is 3.74. The third-order valence-corrected chi connectivity index (χ3v) is 3.81. The van der Waals surface area contributed by atoms with Crippen molar-refractivity contribution in [3.63, 3.8) is 0 Å². The fourth-order valence-corrected chi connectivity index (χ4v) is 2.94. The number of phenols is 1. The molecule has 2 N–H and O–H groups in total. The van der Waals surface area contributed by atoms with Crippen molar-refractivity contribution in [2.75, 3.05) is 18.4 Å². The molecule has 1 aliphatic heterocycles. The number of amides is 2. The largest absolute Gasteiger partial charge is 0.508 e. The van der Waals surface area contributed by atoms with Gasteiger partial charge in [-0.2, -0.15) is 0 Å². The predicted octanol–water partition coefficient (Wildman–Crippen LogP) is 2.14. The van der Waals surface area contributed by atoms with Crippen LogP contribution in [0.4, 0.5) is 5.69 Å². The Bertz CT molecular complexity index is 546. The normalized spacial score (nSPS) is 22.0. The average Bonchev–Trinajstić information content (AvgIpc) is 2.40. The Kier molecular flexibility index (Phi) is 4.50. The second-order valence-corrected chi connectivity index (χ2v) is 6.11. The molecule has 0 aliphatic carbocycles. The first-order valence-corrected chi connectivity index (χ1v) is 7.26. The predicted molar refractivity (Wildman–Crippen MR) is 81.0 cm³/mol. The Morgan fingerprint density at radius 1 is 1.24 bits per heavy atom. The Labute approximate surface area is 125 Å². The lowest BCUT2D eigenvalue weighted by Crippen LogP contribution is -2.47. The van der Waals surface area contributed by atoms with Gasteiger partial charge in [-0.1, -0.05) is 13.8 Å². The number of piperidine rings is 1. The molecule has 2 amide bonds. The number of anilines is 1. The van der Waals surface area contributed by atoms with E-state index in [1.807, 2.05) is 0 Å². The first-order valence-electron chi connectivity index (χ1n) is 7.26. The first kappa shape index (κ1) is 15.4. The monoisotopic (exact) mass is 290 g/mol. The van der Waals surface area contributed by atoms with E-state index in [9.17, 15) is 14.7 Å². The lowest BCUT2D eigenvalue weighted by molar-refractivity contribution is -0.144. The van der Waals surface area contributed by atoms with Crippen molar-refractivity contribution in [3.8, 4) is 5.75 Å². The molecule has 21 heavy (non-hydrogen) atoms. The number of aromatic hydroxyl groups is 1. The van der Waals surface area contributed by atoms with Crippen LogP contribution in [0.2, 0.25) is 0 Å². The number of rotatable bonds is 1. The minimum atomic E-state index is -0.620. The molecule has 0 spiro atoms. The quantitative estimate of drug-likeness (QED) is 0.615. The topological polar surface area (TPSA) is 69.6 Å². The standard InChI is InChI=1S/C16H22N2O3/c1-10-6-11(2)9-18(8-10)16(21)15(20)17-14-5-4-13(19)7-12(14)3/h4-5,7,10-11,19H,6,8-9H2,1-3H3,(H,17,20). The zero-order valence-corrected chi connectivity index (χ0v) is 12.7. The van der Waals surface area contributed by atoms with Crippen molar-refractivity contribution < 1.29 is 14.7 Å². The number of likely N-dealkylation sites (tertiary alicyclic amines) is 1. The number of nitrogens with one attached hydrogen (secondary N) is 1. The summed E-state index contributed by atoms with van der Waals surface area (Å²) in [7, 11) is 0. The average molecular weight is 290 g/mol. The third-order valence-electron chi connectivity index (χ3n) is 3.81. The maximum absolute atomic E-state index is 12.2. The molecule has 1 heterocycles. The Hall–Kier alpha value is -2.04. The Morgan fingerprint density at radius 2 is 1.86 bits per heavy atom. The molecular formula is C16H22N2O3. The molecule has 1 aliphatic rings. The van der Waals surface area contributed by atoms with E-state index in [0.29, 0.717) is 30.6 Å². The van der Waals surface area contributed by atoms with Gasteiger partial charge in [0.15, 0.2) is 0 Å². The molecule has 0 bridgehead atoms. The number of nitrogens with zero attached hydrogens (tertiary/aromatic N) is 1. The van der Waals surface area contributed by atoms with Crippen LogP contribution in [0.1, 0.15) is 25.8 Å². The maximum atomic E-state index is 12.2.